The predicted molar refractivity (Wildman–Crippen MR) is 100 cm³/mol. The summed E-state index contributed by atoms with van der Waals surface area (Å²) in [5.41, 5.74) is 0.652. The molecule has 0 unspecified atom stereocenters. The number of esters is 1. The number of carbonyl (C=O) groups is 1. The lowest BCUT2D eigenvalue weighted by Crippen LogP contribution is -2.60. The zero-order valence-corrected chi connectivity index (χ0v) is 17.1. The monoisotopic (exact) mass is 412 g/mol. The van der Waals surface area contributed by atoms with Crippen LogP contribution in [-0.2, 0) is 19.0 Å². The molecule has 0 radical (unpaired) electrons. The molecule has 0 amide bonds. The van der Waals surface area contributed by atoms with E-state index in [-0.39, 0.29) is 41.2 Å². The summed E-state index contributed by atoms with van der Waals surface area (Å²) < 4.78 is 17.4. The quantitative estimate of drug-likeness (QED) is 0.375. The van der Waals surface area contributed by atoms with E-state index in [4.69, 9.17) is 14.2 Å². The van der Waals surface area contributed by atoms with Crippen LogP contribution in [-0.4, -0.2) is 75.9 Å². The molecule has 29 heavy (non-hydrogen) atoms. The Labute approximate surface area is 170 Å². The molecule has 2 aliphatic carbocycles. The van der Waals surface area contributed by atoms with E-state index in [1.165, 1.54) is 0 Å². The normalized spacial score (nSPS) is 52.0. The Hall–Kier alpha value is -1.03. The van der Waals surface area contributed by atoms with E-state index in [0.717, 1.165) is 5.57 Å². The molecule has 8 heteroatoms. The Morgan fingerprint density at radius 2 is 1.93 bits per heavy atom. The van der Waals surface area contributed by atoms with Gasteiger partial charge in [0.15, 0.2) is 6.29 Å². The molecule has 2 saturated heterocycles. The van der Waals surface area contributed by atoms with Crippen LogP contribution in [0.5, 0.6) is 0 Å². The molecule has 0 spiro atoms. The third-order valence-electron chi connectivity index (χ3n) is 7.71. The molecular weight excluding hydrogens is 380 g/mol. The van der Waals surface area contributed by atoms with Crippen molar-refractivity contribution in [1.82, 2.24) is 0 Å². The SMILES string of the molecule is C=C1C[C@@H](O[C@H]2O[C@H](CO)[C@@H](O)[C@H](O)[C@H]2O)[C@@H]2[C@H]3C(=O)O[C@H](C[C@@]12C)[C@@H]3C(C)C. The Kier molecular flexibility index (Phi) is 5.33. The molecule has 2 saturated carbocycles. The van der Waals surface area contributed by atoms with E-state index in [9.17, 15) is 25.2 Å². The van der Waals surface area contributed by atoms with Gasteiger partial charge in [-0.15, -0.1) is 0 Å². The van der Waals surface area contributed by atoms with Crippen LogP contribution in [0.15, 0.2) is 12.2 Å². The van der Waals surface area contributed by atoms with Crippen LogP contribution >= 0.6 is 0 Å². The van der Waals surface area contributed by atoms with Crippen molar-refractivity contribution in [3.05, 3.63) is 12.2 Å². The Morgan fingerprint density at radius 3 is 2.55 bits per heavy atom. The lowest BCUT2D eigenvalue weighted by atomic mass is 9.57. The van der Waals surface area contributed by atoms with Crippen molar-refractivity contribution in [2.75, 3.05) is 6.61 Å². The molecule has 164 valence electrons. The van der Waals surface area contributed by atoms with Crippen LogP contribution in [0.25, 0.3) is 0 Å². The minimum atomic E-state index is -1.50. The first-order valence-electron chi connectivity index (χ1n) is 10.4. The fraction of sp³-hybridized carbons (Fsp3) is 0.857. The van der Waals surface area contributed by atoms with Gasteiger partial charge in [-0.05, 0) is 24.2 Å². The molecule has 4 fully saturated rings. The third kappa shape index (κ3) is 3.07. The van der Waals surface area contributed by atoms with E-state index >= 15 is 0 Å². The standard InChI is InChI=1S/C21H32O8/c1-8(2)13-11-6-21(4)9(3)5-10(15(21)14(13)19(26)27-11)28-20-18(25)17(24)16(23)12(7-22)29-20/h8,10-18,20,22-25H,3,5-7H2,1-2,4H3/t10-,11-,12-,13+,14+,15-,16-,17+,18-,20+,21+/m1/s1. The minimum absolute atomic E-state index is 0.0902. The molecular formula is C21H32O8. The van der Waals surface area contributed by atoms with E-state index in [1.807, 2.05) is 0 Å². The van der Waals surface area contributed by atoms with Gasteiger partial charge < -0.3 is 34.6 Å². The summed E-state index contributed by atoms with van der Waals surface area (Å²) in [6.07, 6.45) is -6.05. The summed E-state index contributed by atoms with van der Waals surface area (Å²) in [6, 6.07) is 0. The fourth-order valence-electron chi connectivity index (χ4n) is 6.16. The van der Waals surface area contributed by atoms with Gasteiger partial charge in [0.2, 0.25) is 0 Å². The van der Waals surface area contributed by atoms with Crippen LogP contribution in [0.1, 0.15) is 33.6 Å². The fourth-order valence-corrected chi connectivity index (χ4v) is 6.16. The number of fused-ring (bicyclic) bond motifs is 4. The topological polar surface area (TPSA) is 126 Å². The van der Waals surface area contributed by atoms with Gasteiger partial charge >= 0.3 is 5.97 Å². The molecule has 2 bridgehead atoms. The van der Waals surface area contributed by atoms with Gasteiger partial charge in [0.1, 0.15) is 30.5 Å². The van der Waals surface area contributed by atoms with Gasteiger partial charge in [0, 0.05) is 11.8 Å². The molecule has 2 aliphatic heterocycles. The average molecular weight is 412 g/mol. The summed E-state index contributed by atoms with van der Waals surface area (Å²) in [5, 5.41) is 39.9. The Balaban J connectivity index is 1.61. The second-order valence-corrected chi connectivity index (χ2v) is 9.65. The molecule has 0 aromatic carbocycles. The highest BCUT2D eigenvalue weighted by Gasteiger charge is 2.66. The molecule has 4 aliphatic rings. The summed E-state index contributed by atoms with van der Waals surface area (Å²) in [6.45, 7) is 10.00. The highest BCUT2D eigenvalue weighted by Crippen LogP contribution is 2.63. The summed E-state index contributed by atoms with van der Waals surface area (Å²) in [5.74, 6) is -0.358. The number of rotatable bonds is 4. The number of aliphatic hydroxyl groups is 4. The van der Waals surface area contributed by atoms with Crippen molar-refractivity contribution < 1.29 is 39.4 Å². The molecule has 8 nitrogen and oxygen atoms in total. The largest absolute Gasteiger partial charge is 0.462 e. The molecule has 2 heterocycles. The number of carbonyl (C=O) groups excluding carboxylic acids is 1. The highest BCUT2D eigenvalue weighted by molar-refractivity contribution is 5.77. The van der Waals surface area contributed by atoms with Crippen LogP contribution in [0.4, 0.5) is 0 Å². The lowest BCUT2D eigenvalue weighted by Gasteiger charge is -2.46. The van der Waals surface area contributed by atoms with Crippen molar-refractivity contribution in [3.8, 4) is 0 Å². The van der Waals surface area contributed by atoms with Crippen molar-refractivity contribution in [2.24, 2.45) is 29.1 Å². The number of ether oxygens (including phenoxy) is 3. The highest BCUT2D eigenvalue weighted by atomic mass is 16.7. The molecule has 11 atom stereocenters. The van der Waals surface area contributed by atoms with Gasteiger partial charge in [0.25, 0.3) is 0 Å². The van der Waals surface area contributed by atoms with Crippen LogP contribution in [0.2, 0.25) is 0 Å². The van der Waals surface area contributed by atoms with Gasteiger partial charge in [-0.3, -0.25) is 4.79 Å². The van der Waals surface area contributed by atoms with Crippen molar-refractivity contribution in [3.63, 3.8) is 0 Å². The van der Waals surface area contributed by atoms with Crippen molar-refractivity contribution in [1.29, 1.82) is 0 Å². The van der Waals surface area contributed by atoms with E-state index in [2.05, 4.69) is 27.4 Å². The van der Waals surface area contributed by atoms with Gasteiger partial charge in [-0.25, -0.2) is 0 Å². The molecule has 4 rings (SSSR count). The summed E-state index contributed by atoms with van der Waals surface area (Å²) in [4.78, 5) is 12.8. The summed E-state index contributed by atoms with van der Waals surface area (Å²) in [7, 11) is 0. The van der Waals surface area contributed by atoms with Gasteiger partial charge in [-0.2, -0.15) is 0 Å². The molecule has 4 N–H and O–H groups in total. The van der Waals surface area contributed by atoms with E-state index < -0.39 is 43.4 Å². The average Bonchev–Trinajstić information content (AvgIpc) is 3.05. The molecule has 0 aromatic heterocycles. The second kappa shape index (κ2) is 7.28. The zero-order chi connectivity index (χ0) is 21.2. The predicted octanol–water partition coefficient (Wildman–Crippen LogP) is -0.0286. The Morgan fingerprint density at radius 1 is 1.24 bits per heavy atom. The van der Waals surface area contributed by atoms with E-state index in [1.54, 1.807) is 0 Å². The van der Waals surface area contributed by atoms with Crippen LogP contribution in [0.3, 0.4) is 0 Å². The maximum Gasteiger partial charge on any atom is 0.310 e. The van der Waals surface area contributed by atoms with Gasteiger partial charge in [0.05, 0.1) is 18.6 Å². The first-order chi connectivity index (χ1) is 13.6. The minimum Gasteiger partial charge on any atom is -0.462 e. The Bertz CT molecular complexity index is 678. The molecule has 0 aromatic rings. The number of aliphatic hydroxyl groups excluding tert-OH is 4. The van der Waals surface area contributed by atoms with Crippen LogP contribution in [0, 0.1) is 29.1 Å². The first kappa shape index (κ1) is 21.2. The zero-order valence-electron chi connectivity index (χ0n) is 17.1. The lowest BCUT2D eigenvalue weighted by molar-refractivity contribution is -0.316. The summed E-state index contributed by atoms with van der Waals surface area (Å²) >= 11 is 0. The maximum absolute atomic E-state index is 12.8. The first-order valence-corrected chi connectivity index (χ1v) is 10.4. The maximum atomic E-state index is 12.8. The van der Waals surface area contributed by atoms with Crippen molar-refractivity contribution >= 4 is 5.97 Å². The van der Waals surface area contributed by atoms with Crippen molar-refractivity contribution in [2.45, 2.75) is 76.5 Å². The van der Waals surface area contributed by atoms with Gasteiger partial charge in [-0.1, -0.05) is 32.9 Å². The number of hydrogen-bond donors (Lipinski definition) is 4. The van der Waals surface area contributed by atoms with E-state index in [0.29, 0.717) is 12.8 Å². The van der Waals surface area contributed by atoms with Crippen LogP contribution < -0.4 is 0 Å². The second-order valence-electron chi connectivity index (χ2n) is 9.65. The number of hydrogen-bond acceptors (Lipinski definition) is 8. The third-order valence-corrected chi connectivity index (χ3v) is 7.71. The smallest absolute Gasteiger partial charge is 0.310 e.